The third-order valence-corrected chi connectivity index (χ3v) is 6.84. The maximum Gasteiger partial charge on any atom is 0.0827 e. The minimum atomic E-state index is -0.361. The lowest BCUT2D eigenvalue weighted by Crippen LogP contribution is -2.48. The van der Waals surface area contributed by atoms with Gasteiger partial charge in [0, 0.05) is 12.1 Å². The van der Waals surface area contributed by atoms with Gasteiger partial charge in [-0.05, 0) is 46.1 Å². The summed E-state index contributed by atoms with van der Waals surface area (Å²) in [4.78, 5) is 2.68. The quantitative estimate of drug-likeness (QED) is 0.762. The third kappa shape index (κ3) is 4.18. The molecule has 1 fully saturated rings. The summed E-state index contributed by atoms with van der Waals surface area (Å²) in [5, 5.41) is 1.60. The highest BCUT2D eigenvalue weighted by molar-refractivity contribution is 6.72. The molecule has 0 spiro atoms. The van der Waals surface area contributed by atoms with Crippen LogP contribution in [0.25, 0.3) is 0 Å². The van der Waals surface area contributed by atoms with Crippen LogP contribution in [0.1, 0.15) is 33.6 Å². The fourth-order valence-electron chi connectivity index (χ4n) is 3.11. The fourth-order valence-corrected chi connectivity index (χ4v) is 5.31. The Morgan fingerprint density at radius 3 is 2.53 bits per heavy atom. The van der Waals surface area contributed by atoms with Crippen molar-refractivity contribution in [1.29, 1.82) is 0 Å². The minimum Gasteiger partial charge on any atom is -0.298 e. The lowest BCUT2D eigenvalue weighted by Gasteiger charge is -2.42. The van der Waals surface area contributed by atoms with Gasteiger partial charge < -0.3 is 0 Å². The molecule has 0 aromatic heterocycles. The Hall–Kier alpha value is -0.603. The van der Waals surface area contributed by atoms with E-state index in [0.29, 0.717) is 5.54 Å². The summed E-state index contributed by atoms with van der Waals surface area (Å²) in [6.45, 7) is 12.1. The van der Waals surface area contributed by atoms with E-state index in [2.05, 4.69) is 62.5 Å². The van der Waals surface area contributed by atoms with Gasteiger partial charge in [-0.2, -0.15) is 0 Å². The largest absolute Gasteiger partial charge is 0.298 e. The molecule has 0 bridgehead atoms. The normalized spacial score (nSPS) is 21.8. The molecule has 1 aromatic rings. The highest BCUT2D eigenvalue weighted by atomic mass is 28.3. The first-order valence-corrected chi connectivity index (χ1v) is 9.80. The van der Waals surface area contributed by atoms with Crippen molar-refractivity contribution in [2.75, 3.05) is 13.1 Å². The first-order chi connectivity index (χ1) is 8.97. The van der Waals surface area contributed by atoms with Crippen LogP contribution in [-0.2, 0) is 0 Å². The predicted octanol–water partition coefficient (Wildman–Crippen LogP) is 3.53. The monoisotopic (exact) mass is 274 g/mol. The molecule has 2 heteroatoms. The maximum absolute atomic E-state index is 2.68. The molecular formula is C17H28NSi. The second kappa shape index (κ2) is 6.23. The molecule has 2 rings (SSSR count). The minimum absolute atomic E-state index is 0.339. The third-order valence-electron chi connectivity index (χ3n) is 4.33. The van der Waals surface area contributed by atoms with E-state index in [1.54, 1.807) is 5.19 Å². The van der Waals surface area contributed by atoms with Crippen molar-refractivity contribution in [3.05, 3.63) is 30.3 Å². The second-order valence-electron chi connectivity index (χ2n) is 6.98. The standard InChI is InChI=1S/C17H28NSi/c1-17(2,3)18-12-8-9-15(13-18)14-19(4)16-10-6-5-7-11-16/h5-7,10-11,15H,8-9,12-14H2,1-4H3. The summed E-state index contributed by atoms with van der Waals surface area (Å²) >= 11 is 0. The SMILES string of the molecule is C[Si](CC1CCCN(C(C)(C)C)C1)c1ccccc1. The van der Waals surface area contributed by atoms with Gasteiger partial charge in [0.2, 0.25) is 0 Å². The van der Waals surface area contributed by atoms with Gasteiger partial charge in [-0.25, -0.2) is 0 Å². The van der Waals surface area contributed by atoms with E-state index in [1.165, 1.54) is 32.0 Å². The lowest BCUT2D eigenvalue weighted by atomic mass is 9.95. The van der Waals surface area contributed by atoms with Gasteiger partial charge in [-0.3, -0.25) is 4.90 Å². The van der Waals surface area contributed by atoms with E-state index >= 15 is 0 Å². The van der Waals surface area contributed by atoms with E-state index in [0.717, 1.165) is 5.92 Å². The molecule has 1 atom stereocenters. The molecule has 1 aliphatic heterocycles. The molecule has 105 valence electrons. The molecule has 1 aliphatic rings. The van der Waals surface area contributed by atoms with Crippen LogP contribution in [0.2, 0.25) is 12.6 Å². The highest BCUT2D eigenvalue weighted by Crippen LogP contribution is 2.26. The van der Waals surface area contributed by atoms with Gasteiger partial charge in [-0.15, -0.1) is 0 Å². The van der Waals surface area contributed by atoms with Crippen molar-refractivity contribution in [3.63, 3.8) is 0 Å². The number of hydrogen-bond donors (Lipinski definition) is 0. The molecule has 1 aromatic carbocycles. The van der Waals surface area contributed by atoms with Crippen molar-refractivity contribution in [2.24, 2.45) is 5.92 Å². The van der Waals surface area contributed by atoms with Crippen molar-refractivity contribution in [2.45, 2.75) is 51.7 Å². The number of nitrogens with zero attached hydrogens (tertiary/aromatic N) is 1. The molecule has 0 N–H and O–H groups in total. The molecular weight excluding hydrogens is 246 g/mol. The summed E-state index contributed by atoms with van der Waals surface area (Å²) < 4.78 is 0. The van der Waals surface area contributed by atoms with Gasteiger partial charge in [0.05, 0.1) is 8.80 Å². The zero-order valence-corrected chi connectivity index (χ0v) is 13.9. The van der Waals surface area contributed by atoms with Gasteiger partial charge in [0.15, 0.2) is 0 Å². The molecule has 0 aliphatic carbocycles. The summed E-state index contributed by atoms with van der Waals surface area (Å²) in [6.07, 6.45) is 2.81. The van der Waals surface area contributed by atoms with Crippen LogP contribution < -0.4 is 5.19 Å². The molecule has 0 saturated carbocycles. The van der Waals surface area contributed by atoms with Crippen LogP contribution in [0.5, 0.6) is 0 Å². The van der Waals surface area contributed by atoms with E-state index < -0.39 is 0 Å². The molecule has 19 heavy (non-hydrogen) atoms. The van der Waals surface area contributed by atoms with Crippen molar-refractivity contribution in [3.8, 4) is 0 Å². The lowest BCUT2D eigenvalue weighted by molar-refractivity contribution is 0.0842. The molecule has 1 radical (unpaired) electrons. The Kier molecular flexibility index (Phi) is 4.85. The smallest absolute Gasteiger partial charge is 0.0827 e. The molecule has 1 nitrogen and oxygen atoms in total. The van der Waals surface area contributed by atoms with E-state index in [-0.39, 0.29) is 8.80 Å². The highest BCUT2D eigenvalue weighted by Gasteiger charge is 2.28. The van der Waals surface area contributed by atoms with Crippen LogP contribution in [0.3, 0.4) is 0 Å². The number of likely N-dealkylation sites (tertiary alicyclic amines) is 1. The van der Waals surface area contributed by atoms with Gasteiger partial charge in [-0.1, -0.05) is 48.1 Å². The number of rotatable bonds is 3. The molecule has 1 saturated heterocycles. The number of piperidine rings is 1. The topological polar surface area (TPSA) is 3.24 Å². The van der Waals surface area contributed by atoms with Crippen molar-refractivity contribution >= 4 is 14.0 Å². The van der Waals surface area contributed by atoms with Crippen LogP contribution in [-0.4, -0.2) is 32.3 Å². The van der Waals surface area contributed by atoms with Crippen LogP contribution in [0.15, 0.2) is 30.3 Å². The van der Waals surface area contributed by atoms with Crippen molar-refractivity contribution in [1.82, 2.24) is 4.90 Å². The fraction of sp³-hybridized carbons (Fsp3) is 0.647. The summed E-state index contributed by atoms with van der Waals surface area (Å²) in [7, 11) is -0.361. The molecule has 1 heterocycles. The Morgan fingerprint density at radius 2 is 1.89 bits per heavy atom. The average molecular weight is 275 g/mol. The Balaban J connectivity index is 1.92. The molecule has 0 amide bonds. The summed E-state index contributed by atoms with van der Waals surface area (Å²) in [5.74, 6) is 0.909. The van der Waals surface area contributed by atoms with Gasteiger partial charge >= 0.3 is 0 Å². The predicted molar refractivity (Wildman–Crippen MR) is 86.6 cm³/mol. The number of benzene rings is 1. The Bertz CT molecular complexity index is 382. The Morgan fingerprint density at radius 1 is 1.21 bits per heavy atom. The Labute approximate surface area is 120 Å². The first kappa shape index (κ1) is 14.8. The molecule has 1 unspecified atom stereocenters. The second-order valence-corrected chi connectivity index (χ2v) is 9.52. The summed E-state index contributed by atoms with van der Waals surface area (Å²) in [5.41, 5.74) is 0.339. The average Bonchev–Trinajstić information content (AvgIpc) is 2.39. The zero-order chi connectivity index (χ0) is 13.9. The number of hydrogen-bond acceptors (Lipinski definition) is 1. The first-order valence-electron chi connectivity index (χ1n) is 7.60. The van der Waals surface area contributed by atoms with E-state index in [1.807, 2.05) is 0 Å². The van der Waals surface area contributed by atoms with Crippen LogP contribution in [0.4, 0.5) is 0 Å². The van der Waals surface area contributed by atoms with Crippen LogP contribution >= 0.6 is 0 Å². The summed E-state index contributed by atoms with van der Waals surface area (Å²) in [6, 6.07) is 12.6. The van der Waals surface area contributed by atoms with Crippen LogP contribution in [0, 0.1) is 5.92 Å². The maximum atomic E-state index is 2.68. The van der Waals surface area contributed by atoms with E-state index in [4.69, 9.17) is 0 Å². The zero-order valence-electron chi connectivity index (χ0n) is 12.9. The van der Waals surface area contributed by atoms with Crippen molar-refractivity contribution < 1.29 is 0 Å². The van der Waals surface area contributed by atoms with E-state index in [9.17, 15) is 0 Å². The van der Waals surface area contributed by atoms with Gasteiger partial charge in [0.25, 0.3) is 0 Å². The van der Waals surface area contributed by atoms with Gasteiger partial charge in [0.1, 0.15) is 0 Å².